The van der Waals surface area contributed by atoms with E-state index in [-0.39, 0.29) is 10.7 Å². The summed E-state index contributed by atoms with van der Waals surface area (Å²) in [6.07, 6.45) is 0.927. The van der Waals surface area contributed by atoms with Crippen molar-refractivity contribution < 1.29 is 13.9 Å². The number of carbonyl (C=O) groups excluding carboxylic acids is 1. The minimum atomic E-state index is -0.447. The maximum Gasteiger partial charge on any atom is 0.257 e. The van der Waals surface area contributed by atoms with E-state index in [4.69, 9.17) is 17.0 Å². The molecule has 1 aromatic rings. The molecule has 1 saturated heterocycles. The second-order valence-corrected chi connectivity index (χ2v) is 5.44. The predicted octanol–water partition coefficient (Wildman–Crippen LogP) is 1.15. The highest BCUT2D eigenvalue weighted by atomic mass is 32.1. The predicted molar refractivity (Wildman–Crippen MR) is 86.3 cm³/mol. The van der Waals surface area contributed by atoms with Gasteiger partial charge in [0.2, 0.25) is 0 Å². The van der Waals surface area contributed by atoms with E-state index in [2.05, 4.69) is 15.5 Å². The first kappa shape index (κ1) is 16.8. The number of hydrogen-bond donors (Lipinski definition) is 2. The molecule has 1 amide bonds. The van der Waals surface area contributed by atoms with Crippen LogP contribution in [0.4, 0.5) is 4.39 Å². The molecule has 0 spiro atoms. The number of ether oxygens (including phenoxy) is 1. The van der Waals surface area contributed by atoms with Crippen molar-refractivity contribution in [3.05, 3.63) is 35.6 Å². The minimum Gasteiger partial charge on any atom is -0.379 e. The van der Waals surface area contributed by atoms with Crippen LogP contribution < -0.4 is 10.6 Å². The molecule has 22 heavy (non-hydrogen) atoms. The van der Waals surface area contributed by atoms with Crippen molar-refractivity contribution in [3.63, 3.8) is 0 Å². The lowest BCUT2D eigenvalue weighted by Crippen LogP contribution is -2.41. The molecule has 1 aliphatic heterocycles. The van der Waals surface area contributed by atoms with Crippen LogP contribution in [0.5, 0.6) is 0 Å². The summed E-state index contributed by atoms with van der Waals surface area (Å²) >= 11 is 5.06. The summed E-state index contributed by atoms with van der Waals surface area (Å²) in [6, 6.07) is 5.50. The smallest absolute Gasteiger partial charge is 0.257 e. The van der Waals surface area contributed by atoms with Gasteiger partial charge in [-0.05, 0) is 43.4 Å². The molecule has 0 aromatic heterocycles. The van der Waals surface area contributed by atoms with E-state index in [9.17, 15) is 9.18 Å². The van der Waals surface area contributed by atoms with Gasteiger partial charge in [0.05, 0.1) is 13.2 Å². The van der Waals surface area contributed by atoms with E-state index in [0.717, 1.165) is 39.3 Å². The maximum absolute atomic E-state index is 13.0. The van der Waals surface area contributed by atoms with Crippen LogP contribution in [-0.4, -0.2) is 55.3 Å². The Labute approximate surface area is 134 Å². The molecule has 0 unspecified atom stereocenters. The molecule has 120 valence electrons. The Bertz CT molecular complexity index is 521. The van der Waals surface area contributed by atoms with E-state index in [0.29, 0.717) is 6.54 Å². The zero-order valence-corrected chi connectivity index (χ0v) is 13.1. The van der Waals surface area contributed by atoms with Gasteiger partial charge in [0, 0.05) is 25.2 Å². The van der Waals surface area contributed by atoms with Gasteiger partial charge in [0.1, 0.15) is 5.82 Å². The molecule has 0 atom stereocenters. The van der Waals surface area contributed by atoms with Crippen molar-refractivity contribution in [2.75, 3.05) is 39.4 Å². The first-order chi connectivity index (χ1) is 10.6. The van der Waals surface area contributed by atoms with Gasteiger partial charge in [-0.25, -0.2) is 4.39 Å². The van der Waals surface area contributed by atoms with Gasteiger partial charge in [-0.15, -0.1) is 0 Å². The van der Waals surface area contributed by atoms with Crippen molar-refractivity contribution in [1.82, 2.24) is 15.5 Å². The van der Waals surface area contributed by atoms with E-state index in [1.54, 1.807) is 6.07 Å². The van der Waals surface area contributed by atoms with Crippen molar-refractivity contribution in [2.45, 2.75) is 6.42 Å². The SMILES string of the molecule is O=C(NC(=S)NCCCN1CCOCC1)c1cccc(F)c1. The lowest BCUT2D eigenvalue weighted by molar-refractivity contribution is 0.0376. The monoisotopic (exact) mass is 325 g/mol. The summed E-state index contributed by atoms with van der Waals surface area (Å²) in [4.78, 5) is 14.2. The Kier molecular flexibility index (Phi) is 6.70. The fourth-order valence-electron chi connectivity index (χ4n) is 2.18. The number of hydrogen-bond acceptors (Lipinski definition) is 4. The number of halogens is 1. The largest absolute Gasteiger partial charge is 0.379 e. The molecule has 5 nitrogen and oxygen atoms in total. The fraction of sp³-hybridized carbons (Fsp3) is 0.467. The third-order valence-corrected chi connectivity index (χ3v) is 3.60. The van der Waals surface area contributed by atoms with E-state index in [1.165, 1.54) is 18.2 Å². The number of rotatable bonds is 5. The highest BCUT2D eigenvalue weighted by Gasteiger charge is 2.10. The molecule has 2 N–H and O–H groups in total. The standard InChI is InChI=1S/C15H20FN3O2S/c16-13-4-1-3-12(11-13)14(20)18-15(22)17-5-2-6-19-7-9-21-10-8-19/h1,3-4,11H,2,5-10H2,(H2,17,18,20,22). The van der Waals surface area contributed by atoms with Crippen LogP contribution in [0.3, 0.4) is 0 Å². The Balaban J connectivity index is 1.64. The average Bonchev–Trinajstić information content (AvgIpc) is 2.52. The first-order valence-electron chi connectivity index (χ1n) is 7.30. The highest BCUT2D eigenvalue weighted by Crippen LogP contribution is 2.03. The molecule has 7 heteroatoms. The van der Waals surface area contributed by atoms with E-state index < -0.39 is 11.7 Å². The van der Waals surface area contributed by atoms with Crippen molar-refractivity contribution in [3.8, 4) is 0 Å². The van der Waals surface area contributed by atoms with Crippen molar-refractivity contribution in [2.24, 2.45) is 0 Å². The first-order valence-corrected chi connectivity index (χ1v) is 7.71. The van der Waals surface area contributed by atoms with Gasteiger partial charge >= 0.3 is 0 Å². The number of morpholine rings is 1. The summed E-state index contributed by atoms with van der Waals surface area (Å²) < 4.78 is 18.3. The van der Waals surface area contributed by atoms with Crippen LogP contribution in [0.25, 0.3) is 0 Å². The second-order valence-electron chi connectivity index (χ2n) is 5.03. The maximum atomic E-state index is 13.0. The third-order valence-electron chi connectivity index (χ3n) is 3.35. The molecule has 0 saturated carbocycles. The normalized spacial score (nSPS) is 15.3. The van der Waals surface area contributed by atoms with Crippen molar-refractivity contribution >= 4 is 23.2 Å². The molecular formula is C15H20FN3O2S. The summed E-state index contributed by atoms with van der Waals surface area (Å²) in [5.41, 5.74) is 0.248. The summed E-state index contributed by atoms with van der Waals surface area (Å²) in [5.74, 6) is -0.859. The fourth-order valence-corrected chi connectivity index (χ4v) is 2.37. The van der Waals surface area contributed by atoms with Crippen LogP contribution in [0.1, 0.15) is 16.8 Å². The molecule has 0 radical (unpaired) electrons. The molecule has 0 bridgehead atoms. The molecule has 1 fully saturated rings. The Hall–Kier alpha value is -1.57. The third kappa shape index (κ3) is 5.67. The molecular weight excluding hydrogens is 305 g/mol. The zero-order chi connectivity index (χ0) is 15.8. The van der Waals surface area contributed by atoms with Gasteiger partial charge < -0.3 is 10.1 Å². The molecule has 1 aliphatic rings. The molecule has 0 aliphatic carbocycles. The summed E-state index contributed by atoms with van der Waals surface area (Å²) in [7, 11) is 0. The number of thiocarbonyl (C=S) groups is 1. The van der Waals surface area contributed by atoms with Crippen molar-refractivity contribution in [1.29, 1.82) is 0 Å². The lowest BCUT2D eigenvalue weighted by atomic mass is 10.2. The van der Waals surface area contributed by atoms with Gasteiger partial charge in [-0.2, -0.15) is 0 Å². The van der Waals surface area contributed by atoms with E-state index in [1.807, 2.05) is 0 Å². The Morgan fingerprint density at radius 3 is 2.86 bits per heavy atom. The second kappa shape index (κ2) is 8.77. The van der Waals surface area contributed by atoms with E-state index >= 15 is 0 Å². The van der Waals surface area contributed by atoms with Crippen LogP contribution in [0, 0.1) is 5.82 Å². The summed E-state index contributed by atoms with van der Waals surface area (Å²) in [5, 5.41) is 5.79. The number of nitrogens with zero attached hydrogens (tertiary/aromatic N) is 1. The average molecular weight is 325 g/mol. The van der Waals surface area contributed by atoms with Crippen LogP contribution >= 0.6 is 12.2 Å². The van der Waals surface area contributed by atoms with Crippen LogP contribution in [-0.2, 0) is 4.74 Å². The van der Waals surface area contributed by atoms with Gasteiger partial charge in [-0.3, -0.25) is 15.0 Å². The molecule has 1 aromatic carbocycles. The lowest BCUT2D eigenvalue weighted by Gasteiger charge is -2.26. The number of benzene rings is 1. The van der Waals surface area contributed by atoms with Gasteiger partial charge in [0.15, 0.2) is 5.11 Å². The van der Waals surface area contributed by atoms with Gasteiger partial charge in [0.25, 0.3) is 5.91 Å². The number of amides is 1. The minimum absolute atomic E-state index is 0.248. The highest BCUT2D eigenvalue weighted by molar-refractivity contribution is 7.80. The quantitative estimate of drug-likeness (QED) is 0.628. The van der Waals surface area contributed by atoms with Crippen LogP contribution in [0.2, 0.25) is 0 Å². The Morgan fingerprint density at radius 1 is 1.36 bits per heavy atom. The Morgan fingerprint density at radius 2 is 2.14 bits per heavy atom. The molecule has 2 rings (SSSR count). The molecule has 1 heterocycles. The zero-order valence-electron chi connectivity index (χ0n) is 12.3. The summed E-state index contributed by atoms with van der Waals surface area (Å²) in [6.45, 7) is 5.14. The topological polar surface area (TPSA) is 53.6 Å². The van der Waals surface area contributed by atoms with Gasteiger partial charge in [-0.1, -0.05) is 6.07 Å². The number of nitrogens with one attached hydrogen (secondary N) is 2. The van der Waals surface area contributed by atoms with Crippen LogP contribution in [0.15, 0.2) is 24.3 Å². The number of carbonyl (C=O) groups is 1.